The van der Waals surface area contributed by atoms with Gasteiger partial charge in [-0.15, -0.1) is 0 Å². The predicted molar refractivity (Wildman–Crippen MR) is 120 cm³/mol. The number of ether oxygens (including phenoxy) is 2. The van der Waals surface area contributed by atoms with Crippen molar-refractivity contribution < 1.29 is 23.1 Å². The first-order valence-electron chi connectivity index (χ1n) is 10.7. The molecule has 1 aromatic heterocycles. The molecule has 7 heteroatoms. The number of halogens is 1. The van der Waals surface area contributed by atoms with Crippen molar-refractivity contribution >= 4 is 5.91 Å². The minimum Gasteiger partial charge on any atom is -0.457 e. The van der Waals surface area contributed by atoms with E-state index in [4.69, 9.17) is 9.47 Å². The van der Waals surface area contributed by atoms with E-state index in [1.165, 1.54) is 12.1 Å². The van der Waals surface area contributed by atoms with E-state index < -0.39 is 0 Å². The zero-order valence-corrected chi connectivity index (χ0v) is 18.1. The first-order valence-corrected chi connectivity index (χ1v) is 10.7. The molecule has 0 radical (unpaired) electrons. The first kappa shape index (κ1) is 21.9. The molecule has 1 saturated heterocycles. The Labute approximate surface area is 187 Å². The van der Waals surface area contributed by atoms with Crippen LogP contribution < -0.4 is 10.1 Å². The Morgan fingerprint density at radius 3 is 2.38 bits per heavy atom. The third-order valence-electron chi connectivity index (χ3n) is 5.72. The molecule has 1 aliphatic heterocycles. The molecular formula is C25H27FN3O3+. The number of pyridine rings is 1. The molecule has 2 aromatic carbocycles. The summed E-state index contributed by atoms with van der Waals surface area (Å²) in [4.78, 5) is 16.8. The summed E-state index contributed by atoms with van der Waals surface area (Å²) in [6, 6.07) is 17.0. The standard InChI is InChI=1S/C25H26FN3O3/c1-29(14-16-31-17-15-29)13-12-28-25(30)24-18-20(10-11-27-24)19-2-6-22(7-3-19)32-23-8-4-21(26)5-9-23/h2-11,18H,12-17H2,1H3/p+1. The fraction of sp³-hybridized carbons (Fsp3) is 0.280. The van der Waals surface area contributed by atoms with E-state index in [9.17, 15) is 9.18 Å². The van der Waals surface area contributed by atoms with Gasteiger partial charge in [-0.3, -0.25) is 9.78 Å². The van der Waals surface area contributed by atoms with Crippen LogP contribution >= 0.6 is 0 Å². The Hall–Kier alpha value is -3.29. The number of aromatic nitrogens is 1. The molecule has 1 aliphatic rings. The Morgan fingerprint density at radius 2 is 1.69 bits per heavy atom. The van der Waals surface area contributed by atoms with Crippen molar-refractivity contribution in [2.75, 3.05) is 46.4 Å². The summed E-state index contributed by atoms with van der Waals surface area (Å²) in [5.41, 5.74) is 2.23. The molecule has 6 nitrogen and oxygen atoms in total. The number of nitrogens with one attached hydrogen (secondary N) is 1. The van der Waals surface area contributed by atoms with Gasteiger partial charge < -0.3 is 19.3 Å². The largest absolute Gasteiger partial charge is 0.457 e. The van der Waals surface area contributed by atoms with Gasteiger partial charge in [0, 0.05) is 6.20 Å². The van der Waals surface area contributed by atoms with E-state index in [0.717, 1.165) is 48.5 Å². The summed E-state index contributed by atoms with van der Waals surface area (Å²) in [6.45, 7) is 4.92. The zero-order chi connectivity index (χ0) is 22.4. The summed E-state index contributed by atoms with van der Waals surface area (Å²) >= 11 is 0. The summed E-state index contributed by atoms with van der Waals surface area (Å²) in [7, 11) is 2.19. The van der Waals surface area contributed by atoms with Gasteiger partial charge in [0.25, 0.3) is 5.91 Å². The number of likely N-dealkylation sites (N-methyl/N-ethyl adjacent to an activating group) is 1. The minimum absolute atomic E-state index is 0.178. The highest BCUT2D eigenvalue weighted by Crippen LogP contribution is 2.26. The number of carbonyl (C=O) groups excluding carboxylic acids is 1. The Kier molecular flexibility index (Phi) is 6.78. The van der Waals surface area contributed by atoms with Gasteiger partial charge in [0.1, 0.15) is 36.1 Å². The number of nitrogens with zero attached hydrogens (tertiary/aromatic N) is 2. The molecule has 0 aliphatic carbocycles. The second kappa shape index (κ2) is 9.89. The molecule has 1 N–H and O–H groups in total. The van der Waals surface area contributed by atoms with Crippen molar-refractivity contribution in [3.8, 4) is 22.6 Å². The average molecular weight is 437 g/mol. The van der Waals surface area contributed by atoms with E-state index in [2.05, 4.69) is 17.3 Å². The van der Waals surface area contributed by atoms with E-state index >= 15 is 0 Å². The van der Waals surface area contributed by atoms with E-state index in [1.807, 2.05) is 30.3 Å². The normalized spacial score (nSPS) is 15.2. The lowest BCUT2D eigenvalue weighted by Crippen LogP contribution is -2.54. The molecule has 0 bridgehead atoms. The number of morpholine rings is 1. The fourth-order valence-electron chi connectivity index (χ4n) is 3.63. The number of quaternary nitrogens is 1. The lowest BCUT2D eigenvalue weighted by atomic mass is 10.1. The molecule has 166 valence electrons. The highest BCUT2D eigenvalue weighted by molar-refractivity contribution is 5.93. The van der Waals surface area contributed by atoms with E-state index in [-0.39, 0.29) is 11.7 Å². The second-order valence-electron chi connectivity index (χ2n) is 8.17. The van der Waals surface area contributed by atoms with Gasteiger partial charge in [0.05, 0.1) is 33.4 Å². The molecular weight excluding hydrogens is 409 g/mol. The van der Waals surface area contributed by atoms with Crippen LogP contribution in [0.1, 0.15) is 10.5 Å². The molecule has 1 amide bonds. The first-order chi connectivity index (χ1) is 15.5. The lowest BCUT2D eigenvalue weighted by molar-refractivity contribution is -0.915. The quantitative estimate of drug-likeness (QED) is 0.571. The van der Waals surface area contributed by atoms with Crippen LogP contribution in [0.5, 0.6) is 11.5 Å². The van der Waals surface area contributed by atoms with E-state index in [1.54, 1.807) is 24.4 Å². The van der Waals surface area contributed by atoms with Crippen molar-refractivity contribution in [3.05, 3.63) is 78.4 Å². The van der Waals surface area contributed by atoms with Crippen LogP contribution in [-0.2, 0) is 4.74 Å². The van der Waals surface area contributed by atoms with Gasteiger partial charge in [-0.2, -0.15) is 0 Å². The van der Waals surface area contributed by atoms with Crippen molar-refractivity contribution in [3.63, 3.8) is 0 Å². The van der Waals surface area contributed by atoms with Gasteiger partial charge in [0.15, 0.2) is 0 Å². The van der Waals surface area contributed by atoms with Gasteiger partial charge in [-0.25, -0.2) is 4.39 Å². The lowest BCUT2D eigenvalue weighted by Gasteiger charge is -2.37. The second-order valence-corrected chi connectivity index (χ2v) is 8.17. The summed E-state index contributed by atoms with van der Waals surface area (Å²) in [5.74, 6) is 0.729. The van der Waals surface area contributed by atoms with E-state index in [0.29, 0.717) is 23.7 Å². The Balaban J connectivity index is 1.36. The number of benzene rings is 2. The van der Waals surface area contributed by atoms with Crippen LogP contribution in [0.2, 0.25) is 0 Å². The van der Waals surface area contributed by atoms with Crippen LogP contribution in [0.3, 0.4) is 0 Å². The highest BCUT2D eigenvalue weighted by atomic mass is 19.1. The monoisotopic (exact) mass is 436 g/mol. The van der Waals surface area contributed by atoms with Gasteiger partial charge in [-0.1, -0.05) is 12.1 Å². The molecule has 0 spiro atoms. The van der Waals surface area contributed by atoms with Gasteiger partial charge in [-0.05, 0) is 59.7 Å². The molecule has 0 atom stereocenters. The topological polar surface area (TPSA) is 60.5 Å². The number of hydrogen-bond acceptors (Lipinski definition) is 4. The number of amides is 1. The maximum atomic E-state index is 13.0. The molecule has 0 saturated carbocycles. The smallest absolute Gasteiger partial charge is 0.270 e. The van der Waals surface area contributed by atoms with Crippen LogP contribution in [0.15, 0.2) is 66.9 Å². The predicted octanol–water partition coefficient (Wildman–Crippen LogP) is 3.89. The summed E-state index contributed by atoms with van der Waals surface area (Å²) in [5, 5.41) is 2.99. The number of carbonyl (C=O) groups is 1. The van der Waals surface area contributed by atoms with Crippen molar-refractivity contribution in [2.45, 2.75) is 0 Å². The summed E-state index contributed by atoms with van der Waals surface area (Å²) < 4.78 is 25.1. The van der Waals surface area contributed by atoms with Crippen LogP contribution in [0.4, 0.5) is 4.39 Å². The van der Waals surface area contributed by atoms with Crippen molar-refractivity contribution in [2.24, 2.45) is 0 Å². The Bertz CT molecular complexity index is 1050. The SMILES string of the molecule is C[N+]1(CCNC(=O)c2cc(-c3ccc(Oc4ccc(F)cc4)cc3)ccn2)CCOCC1. The molecule has 0 unspecified atom stereocenters. The third-order valence-corrected chi connectivity index (χ3v) is 5.72. The number of hydrogen-bond donors (Lipinski definition) is 1. The molecule has 2 heterocycles. The van der Waals surface area contributed by atoms with Crippen molar-refractivity contribution in [1.82, 2.24) is 10.3 Å². The fourth-order valence-corrected chi connectivity index (χ4v) is 3.63. The summed E-state index contributed by atoms with van der Waals surface area (Å²) in [6.07, 6.45) is 1.64. The highest BCUT2D eigenvalue weighted by Gasteiger charge is 2.24. The molecule has 32 heavy (non-hydrogen) atoms. The molecule has 4 rings (SSSR count). The third kappa shape index (κ3) is 5.69. The maximum Gasteiger partial charge on any atom is 0.270 e. The molecule has 3 aromatic rings. The maximum absolute atomic E-state index is 13.0. The molecule has 1 fully saturated rings. The van der Waals surface area contributed by atoms with Gasteiger partial charge in [0.2, 0.25) is 0 Å². The van der Waals surface area contributed by atoms with Crippen molar-refractivity contribution in [1.29, 1.82) is 0 Å². The Morgan fingerprint density at radius 1 is 1.03 bits per heavy atom. The minimum atomic E-state index is -0.304. The zero-order valence-electron chi connectivity index (χ0n) is 18.1. The van der Waals surface area contributed by atoms with Gasteiger partial charge >= 0.3 is 0 Å². The van der Waals surface area contributed by atoms with Crippen LogP contribution in [-0.4, -0.2) is 61.8 Å². The average Bonchev–Trinajstić information content (AvgIpc) is 2.81. The van der Waals surface area contributed by atoms with Crippen LogP contribution in [0, 0.1) is 5.82 Å². The van der Waals surface area contributed by atoms with Crippen LogP contribution in [0.25, 0.3) is 11.1 Å². The number of rotatable bonds is 7.